The highest BCUT2D eigenvalue weighted by atomic mass is 16.5. The van der Waals surface area contributed by atoms with E-state index in [-0.39, 0.29) is 10.8 Å². The predicted octanol–water partition coefficient (Wildman–Crippen LogP) is 5.31. The Hall–Kier alpha value is -2.42. The molecule has 25 heavy (non-hydrogen) atoms. The van der Waals surface area contributed by atoms with Gasteiger partial charge in [-0.15, -0.1) is 0 Å². The van der Waals surface area contributed by atoms with Crippen molar-refractivity contribution in [3.63, 3.8) is 0 Å². The molecule has 0 saturated carbocycles. The lowest BCUT2D eigenvalue weighted by Crippen LogP contribution is -2.19. The van der Waals surface area contributed by atoms with Gasteiger partial charge in [0.15, 0.2) is 0 Å². The maximum absolute atomic E-state index is 12.6. The van der Waals surface area contributed by atoms with Crippen LogP contribution in [0.3, 0.4) is 0 Å². The molecule has 0 radical (unpaired) electrons. The number of rotatable bonds is 3. The molecule has 2 rings (SSSR count). The van der Waals surface area contributed by atoms with Crippen LogP contribution < -0.4 is 4.74 Å². The van der Waals surface area contributed by atoms with Crippen molar-refractivity contribution >= 4 is 12.3 Å². The molecule has 0 spiro atoms. The van der Waals surface area contributed by atoms with E-state index >= 15 is 0 Å². The van der Waals surface area contributed by atoms with Gasteiger partial charge >= 0.3 is 5.97 Å². The van der Waals surface area contributed by atoms with Crippen LogP contribution in [0.25, 0.3) is 0 Å². The Morgan fingerprint density at radius 3 is 1.72 bits per heavy atom. The van der Waals surface area contributed by atoms with Crippen molar-refractivity contribution in [2.45, 2.75) is 52.4 Å². The molecule has 0 aromatic heterocycles. The summed E-state index contributed by atoms with van der Waals surface area (Å²) in [6, 6.07) is 12.5. The number of aldehydes is 1. The fourth-order valence-electron chi connectivity index (χ4n) is 2.39. The standard InChI is InChI=1S/C22H26O3/c1-21(2,3)17-11-16(12-18(13-17)22(4,5)6)20(24)25-19-9-7-15(14-23)8-10-19/h7-14H,1-6H3. The van der Waals surface area contributed by atoms with Gasteiger partial charge in [0.2, 0.25) is 0 Å². The molecule has 2 aromatic rings. The number of esters is 1. The second kappa shape index (κ2) is 6.83. The molecule has 3 heteroatoms. The fourth-order valence-corrected chi connectivity index (χ4v) is 2.39. The third kappa shape index (κ3) is 4.79. The maximum Gasteiger partial charge on any atom is 0.343 e. The van der Waals surface area contributed by atoms with Gasteiger partial charge in [0, 0.05) is 5.56 Å². The lowest BCUT2D eigenvalue weighted by Gasteiger charge is -2.25. The quantitative estimate of drug-likeness (QED) is 0.432. The van der Waals surface area contributed by atoms with Gasteiger partial charge in [-0.1, -0.05) is 47.6 Å². The number of hydrogen-bond acceptors (Lipinski definition) is 3. The van der Waals surface area contributed by atoms with Crippen LogP contribution in [-0.4, -0.2) is 12.3 Å². The summed E-state index contributed by atoms with van der Waals surface area (Å²) in [6.07, 6.45) is 0.758. The smallest absolute Gasteiger partial charge is 0.343 e. The molecular formula is C22H26O3. The minimum Gasteiger partial charge on any atom is -0.423 e. The van der Waals surface area contributed by atoms with E-state index in [1.807, 2.05) is 12.1 Å². The summed E-state index contributed by atoms with van der Waals surface area (Å²) < 4.78 is 5.48. The molecule has 0 aliphatic heterocycles. The predicted molar refractivity (Wildman–Crippen MR) is 101 cm³/mol. The van der Waals surface area contributed by atoms with E-state index in [0.717, 1.165) is 17.4 Å². The van der Waals surface area contributed by atoms with Gasteiger partial charge < -0.3 is 4.74 Å². The Balaban J connectivity index is 2.38. The minimum absolute atomic E-state index is 0.0676. The monoisotopic (exact) mass is 338 g/mol. The molecule has 0 aliphatic rings. The average Bonchev–Trinajstić information content (AvgIpc) is 2.53. The van der Waals surface area contributed by atoms with Crippen LogP contribution >= 0.6 is 0 Å². The highest BCUT2D eigenvalue weighted by Gasteiger charge is 2.22. The van der Waals surface area contributed by atoms with Crippen LogP contribution in [0.5, 0.6) is 5.75 Å². The Kier molecular flexibility index (Phi) is 5.17. The van der Waals surface area contributed by atoms with Crippen LogP contribution in [0.4, 0.5) is 0 Å². The number of carbonyl (C=O) groups is 2. The summed E-state index contributed by atoms with van der Waals surface area (Å²) in [6.45, 7) is 12.8. The van der Waals surface area contributed by atoms with E-state index < -0.39 is 5.97 Å². The first-order chi connectivity index (χ1) is 11.5. The Morgan fingerprint density at radius 2 is 1.32 bits per heavy atom. The van der Waals surface area contributed by atoms with E-state index in [0.29, 0.717) is 16.9 Å². The van der Waals surface area contributed by atoms with Crippen LogP contribution in [0.1, 0.15) is 73.4 Å². The molecule has 0 atom stereocenters. The molecule has 3 nitrogen and oxygen atoms in total. The van der Waals surface area contributed by atoms with Gasteiger partial charge in [-0.25, -0.2) is 4.79 Å². The first-order valence-corrected chi connectivity index (χ1v) is 8.44. The lowest BCUT2D eigenvalue weighted by molar-refractivity contribution is 0.0734. The zero-order chi connectivity index (χ0) is 18.8. The summed E-state index contributed by atoms with van der Waals surface area (Å²) in [4.78, 5) is 23.4. The van der Waals surface area contributed by atoms with Gasteiger partial charge in [-0.05, 0) is 58.4 Å². The molecule has 0 aliphatic carbocycles. The van der Waals surface area contributed by atoms with Crippen molar-refractivity contribution < 1.29 is 14.3 Å². The Morgan fingerprint density at radius 1 is 0.840 bits per heavy atom. The van der Waals surface area contributed by atoms with Crippen molar-refractivity contribution in [1.82, 2.24) is 0 Å². The van der Waals surface area contributed by atoms with Crippen molar-refractivity contribution in [3.05, 3.63) is 64.7 Å². The zero-order valence-corrected chi connectivity index (χ0v) is 15.8. The SMILES string of the molecule is CC(C)(C)c1cc(C(=O)Oc2ccc(C=O)cc2)cc(C(C)(C)C)c1. The van der Waals surface area contributed by atoms with Crippen molar-refractivity contribution in [2.24, 2.45) is 0 Å². The van der Waals surface area contributed by atoms with E-state index in [1.54, 1.807) is 24.3 Å². The van der Waals surface area contributed by atoms with E-state index in [1.165, 1.54) is 0 Å². The normalized spacial score (nSPS) is 11.9. The van der Waals surface area contributed by atoms with Gasteiger partial charge in [0.25, 0.3) is 0 Å². The van der Waals surface area contributed by atoms with Crippen LogP contribution in [-0.2, 0) is 10.8 Å². The number of ether oxygens (including phenoxy) is 1. The number of benzene rings is 2. The van der Waals surface area contributed by atoms with E-state index in [9.17, 15) is 9.59 Å². The fraction of sp³-hybridized carbons (Fsp3) is 0.364. The molecule has 132 valence electrons. The molecule has 0 saturated heterocycles. The van der Waals surface area contributed by atoms with Crippen LogP contribution in [0.2, 0.25) is 0 Å². The van der Waals surface area contributed by atoms with Gasteiger partial charge in [0.05, 0.1) is 5.56 Å². The highest BCUT2D eigenvalue weighted by Crippen LogP contribution is 2.30. The van der Waals surface area contributed by atoms with Gasteiger partial charge in [-0.3, -0.25) is 4.79 Å². The summed E-state index contributed by atoms with van der Waals surface area (Å²) in [5.41, 5.74) is 3.15. The van der Waals surface area contributed by atoms with Crippen LogP contribution in [0, 0.1) is 0 Å². The van der Waals surface area contributed by atoms with Crippen molar-refractivity contribution in [3.8, 4) is 5.75 Å². The third-order valence-electron chi connectivity index (χ3n) is 4.13. The Bertz CT molecular complexity index is 740. The first-order valence-electron chi connectivity index (χ1n) is 8.44. The number of carbonyl (C=O) groups excluding carboxylic acids is 2. The molecule has 2 aromatic carbocycles. The Labute approximate surface area is 150 Å². The molecule has 0 amide bonds. The zero-order valence-electron chi connectivity index (χ0n) is 15.8. The first kappa shape index (κ1) is 18.9. The number of hydrogen-bond donors (Lipinski definition) is 0. The highest BCUT2D eigenvalue weighted by molar-refractivity contribution is 5.91. The van der Waals surface area contributed by atoms with E-state index in [2.05, 4.69) is 47.6 Å². The van der Waals surface area contributed by atoms with Gasteiger partial charge in [-0.2, -0.15) is 0 Å². The van der Waals surface area contributed by atoms with Crippen molar-refractivity contribution in [2.75, 3.05) is 0 Å². The third-order valence-corrected chi connectivity index (χ3v) is 4.13. The van der Waals surface area contributed by atoms with Crippen molar-refractivity contribution in [1.29, 1.82) is 0 Å². The summed E-state index contributed by atoms with van der Waals surface area (Å²) in [5, 5.41) is 0. The second-order valence-corrected chi connectivity index (χ2v) is 8.38. The summed E-state index contributed by atoms with van der Waals surface area (Å²) in [5.74, 6) is 0.0320. The maximum atomic E-state index is 12.6. The molecule has 0 bridgehead atoms. The molecule has 0 heterocycles. The second-order valence-electron chi connectivity index (χ2n) is 8.38. The lowest BCUT2D eigenvalue weighted by atomic mass is 9.79. The largest absolute Gasteiger partial charge is 0.423 e. The summed E-state index contributed by atoms with van der Waals surface area (Å²) in [7, 11) is 0. The van der Waals surface area contributed by atoms with E-state index in [4.69, 9.17) is 4.74 Å². The topological polar surface area (TPSA) is 43.4 Å². The summed E-state index contributed by atoms with van der Waals surface area (Å²) >= 11 is 0. The average molecular weight is 338 g/mol. The van der Waals surface area contributed by atoms with Gasteiger partial charge in [0.1, 0.15) is 12.0 Å². The molecule has 0 N–H and O–H groups in total. The molecule has 0 unspecified atom stereocenters. The molecule has 0 fully saturated rings. The van der Waals surface area contributed by atoms with Crippen LogP contribution in [0.15, 0.2) is 42.5 Å². The molecular weight excluding hydrogens is 312 g/mol. The minimum atomic E-state index is -0.393.